The first-order valence-corrected chi connectivity index (χ1v) is 8.90. The molecule has 2 saturated heterocycles. The highest BCUT2D eigenvalue weighted by molar-refractivity contribution is 5.92. The van der Waals surface area contributed by atoms with Crippen LogP contribution in [0.25, 0.3) is 0 Å². The zero-order valence-corrected chi connectivity index (χ0v) is 14.1. The molecular formula is C17H23N5O3. The van der Waals surface area contributed by atoms with E-state index in [4.69, 9.17) is 0 Å². The minimum Gasteiger partial charge on any atom is -0.355 e. The summed E-state index contributed by atoms with van der Waals surface area (Å²) in [6.07, 6.45) is 5.80. The topological polar surface area (TPSA) is 107 Å². The molecule has 3 heterocycles. The number of aromatic amines is 1. The van der Waals surface area contributed by atoms with Crippen molar-refractivity contribution in [1.82, 2.24) is 25.7 Å². The second-order valence-electron chi connectivity index (χ2n) is 7.62. The molecule has 1 aromatic heterocycles. The minimum atomic E-state index is -0.227. The number of hydrogen-bond donors (Lipinski definition) is 3. The highest BCUT2D eigenvalue weighted by Crippen LogP contribution is 2.44. The Morgan fingerprint density at radius 1 is 1.28 bits per heavy atom. The first-order chi connectivity index (χ1) is 12.0. The van der Waals surface area contributed by atoms with E-state index in [2.05, 4.69) is 20.8 Å². The average molecular weight is 345 g/mol. The molecule has 1 atom stereocenters. The number of H-pyrrole nitrogens is 1. The van der Waals surface area contributed by atoms with E-state index in [-0.39, 0.29) is 35.1 Å². The Morgan fingerprint density at radius 3 is 2.64 bits per heavy atom. The molecule has 1 unspecified atom stereocenters. The van der Waals surface area contributed by atoms with E-state index in [1.807, 2.05) is 4.90 Å². The summed E-state index contributed by atoms with van der Waals surface area (Å²) < 4.78 is 0. The van der Waals surface area contributed by atoms with Gasteiger partial charge >= 0.3 is 0 Å². The third kappa shape index (κ3) is 3.12. The van der Waals surface area contributed by atoms with Crippen molar-refractivity contribution in [3.05, 3.63) is 18.0 Å². The molecule has 1 saturated carbocycles. The number of carbonyl (C=O) groups excluding carboxylic acids is 3. The van der Waals surface area contributed by atoms with Crippen LogP contribution in [0.4, 0.5) is 0 Å². The summed E-state index contributed by atoms with van der Waals surface area (Å²) in [7, 11) is 0. The maximum Gasteiger partial charge on any atom is 0.271 e. The van der Waals surface area contributed by atoms with Gasteiger partial charge in [0.1, 0.15) is 5.69 Å². The van der Waals surface area contributed by atoms with Crippen molar-refractivity contribution in [2.45, 2.75) is 38.1 Å². The van der Waals surface area contributed by atoms with Crippen LogP contribution in [0.2, 0.25) is 0 Å². The van der Waals surface area contributed by atoms with Gasteiger partial charge in [0.25, 0.3) is 5.91 Å². The lowest BCUT2D eigenvalue weighted by molar-refractivity contribution is -0.127. The summed E-state index contributed by atoms with van der Waals surface area (Å²) in [5.41, 5.74) is 0.748. The Balaban J connectivity index is 1.23. The van der Waals surface area contributed by atoms with Crippen molar-refractivity contribution >= 4 is 17.7 Å². The van der Waals surface area contributed by atoms with Crippen LogP contribution < -0.4 is 10.6 Å². The molecule has 0 bridgehead atoms. The van der Waals surface area contributed by atoms with Crippen molar-refractivity contribution in [3.8, 4) is 0 Å². The van der Waals surface area contributed by atoms with Crippen molar-refractivity contribution in [2.24, 2.45) is 11.3 Å². The van der Waals surface area contributed by atoms with Crippen molar-refractivity contribution < 1.29 is 14.4 Å². The third-order valence-electron chi connectivity index (χ3n) is 5.81. The summed E-state index contributed by atoms with van der Waals surface area (Å²) in [6, 6.07) is 1.88. The van der Waals surface area contributed by atoms with E-state index in [9.17, 15) is 14.4 Å². The Bertz CT molecular complexity index is 670. The highest BCUT2D eigenvalue weighted by Gasteiger charge is 2.47. The number of rotatable bonds is 3. The molecule has 4 rings (SSSR count). The molecular weight excluding hydrogens is 322 g/mol. The lowest BCUT2D eigenvalue weighted by Gasteiger charge is -2.53. The zero-order chi connectivity index (χ0) is 17.4. The maximum absolute atomic E-state index is 12.3. The number of likely N-dealkylation sites (tertiary alicyclic amines) is 1. The van der Waals surface area contributed by atoms with E-state index in [1.165, 1.54) is 0 Å². The predicted octanol–water partition coefficient (Wildman–Crippen LogP) is 0.0468. The standard InChI is InChI=1S/C17H23N5O3/c23-14-7-11(8-18-14)15(24)20-12-1-4-17(5-2-12)9-22(10-17)16(25)13-3-6-19-21-13/h3,6,11-12H,1-2,4-5,7-10H2,(H,18,23)(H,19,21)(H,20,24). The van der Waals surface area contributed by atoms with Crippen molar-refractivity contribution in [3.63, 3.8) is 0 Å². The molecule has 25 heavy (non-hydrogen) atoms. The van der Waals surface area contributed by atoms with Gasteiger partial charge in [-0.3, -0.25) is 19.5 Å². The van der Waals surface area contributed by atoms with Gasteiger partial charge in [0.05, 0.1) is 5.92 Å². The SMILES string of the molecule is O=C1CC(C(=O)NC2CCC3(CC2)CN(C(=O)c2ccn[nH]2)C3)CN1. The van der Waals surface area contributed by atoms with Gasteiger partial charge in [-0.25, -0.2) is 0 Å². The number of nitrogens with zero attached hydrogens (tertiary/aromatic N) is 2. The summed E-state index contributed by atoms with van der Waals surface area (Å²) in [4.78, 5) is 37.6. The molecule has 3 N–H and O–H groups in total. The van der Waals surface area contributed by atoms with E-state index in [0.717, 1.165) is 38.8 Å². The fourth-order valence-electron chi connectivity index (χ4n) is 4.25. The van der Waals surface area contributed by atoms with Crippen LogP contribution >= 0.6 is 0 Å². The van der Waals surface area contributed by atoms with Crippen LogP contribution in [-0.2, 0) is 9.59 Å². The zero-order valence-electron chi connectivity index (χ0n) is 14.1. The summed E-state index contributed by atoms with van der Waals surface area (Å²) in [5.74, 6) is -0.269. The fourth-order valence-corrected chi connectivity index (χ4v) is 4.25. The molecule has 1 aliphatic carbocycles. The molecule has 3 fully saturated rings. The van der Waals surface area contributed by atoms with E-state index in [1.54, 1.807) is 12.3 Å². The smallest absolute Gasteiger partial charge is 0.271 e. The largest absolute Gasteiger partial charge is 0.355 e. The Morgan fingerprint density at radius 2 is 2.04 bits per heavy atom. The molecule has 3 amide bonds. The van der Waals surface area contributed by atoms with Gasteiger partial charge in [0, 0.05) is 43.7 Å². The van der Waals surface area contributed by atoms with Crippen LogP contribution in [-0.4, -0.2) is 58.5 Å². The second-order valence-corrected chi connectivity index (χ2v) is 7.62. The van der Waals surface area contributed by atoms with Crippen LogP contribution in [0.15, 0.2) is 12.3 Å². The van der Waals surface area contributed by atoms with Crippen LogP contribution in [0, 0.1) is 11.3 Å². The van der Waals surface area contributed by atoms with Gasteiger partial charge in [-0.2, -0.15) is 5.10 Å². The number of amides is 3. The number of hydrogen-bond acceptors (Lipinski definition) is 4. The monoisotopic (exact) mass is 345 g/mol. The predicted molar refractivity (Wildman–Crippen MR) is 88.4 cm³/mol. The summed E-state index contributed by atoms with van der Waals surface area (Å²) >= 11 is 0. The van der Waals surface area contributed by atoms with Crippen LogP contribution in [0.3, 0.4) is 0 Å². The first kappa shape index (κ1) is 16.1. The van der Waals surface area contributed by atoms with Gasteiger partial charge in [-0.05, 0) is 31.7 Å². The lowest BCUT2D eigenvalue weighted by atomic mass is 9.67. The second kappa shape index (κ2) is 6.16. The van der Waals surface area contributed by atoms with E-state index >= 15 is 0 Å². The molecule has 1 aromatic rings. The van der Waals surface area contributed by atoms with Crippen molar-refractivity contribution in [2.75, 3.05) is 19.6 Å². The molecule has 8 heteroatoms. The Kier molecular flexibility index (Phi) is 3.97. The lowest BCUT2D eigenvalue weighted by Crippen LogP contribution is -2.60. The normalized spacial score (nSPS) is 25.5. The van der Waals surface area contributed by atoms with Gasteiger partial charge in [-0.1, -0.05) is 0 Å². The molecule has 134 valence electrons. The molecule has 8 nitrogen and oxygen atoms in total. The minimum absolute atomic E-state index is 0.0102. The van der Waals surface area contributed by atoms with E-state index in [0.29, 0.717) is 18.7 Å². The maximum atomic E-state index is 12.3. The van der Waals surface area contributed by atoms with Gasteiger partial charge < -0.3 is 15.5 Å². The number of aromatic nitrogens is 2. The fraction of sp³-hybridized carbons (Fsp3) is 0.647. The number of nitrogens with one attached hydrogen (secondary N) is 3. The van der Waals surface area contributed by atoms with Crippen LogP contribution in [0.1, 0.15) is 42.6 Å². The first-order valence-electron chi connectivity index (χ1n) is 8.90. The van der Waals surface area contributed by atoms with Gasteiger partial charge in [0.2, 0.25) is 11.8 Å². The Labute approximate surface area is 145 Å². The molecule has 3 aliphatic rings. The molecule has 2 aliphatic heterocycles. The van der Waals surface area contributed by atoms with Crippen LogP contribution in [0.5, 0.6) is 0 Å². The molecule has 0 radical (unpaired) electrons. The molecule has 0 aromatic carbocycles. The quantitative estimate of drug-likeness (QED) is 0.719. The average Bonchev–Trinajstić information content (AvgIpc) is 3.24. The van der Waals surface area contributed by atoms with E-state index < -0.39 is 0 Å². The molecule has 1 spiro atoms. The number of carbonyl (C=O) groups is 3. The summed E-state index contributed by atoms with van der Waals surface area (Å²) in [5, 5.41) is 12.3. The van der Waals surface area contributed by atoms with Gasteiger partial charge in [0.15, 0.2) is 0 Å². The van der Waals surface area contributed by atoms with Crippen molar-refractivity contribution in [1.29, 1.82) is 0 Å². The summed E-state index contributed by atoms with van der Waals surface area (Å²) in [6.45, 7) is 2.02. The van der Waals surface area contributed by atoms with Gasteiger partial charge in [-0.15, -0.1) is 0 Å². The highest BCUT2D eigenvalue weighted by atomic mass is 16.2. The Hall–Kier alpha value is -2.38. The third-order valence-corrected chi connectivity index (χ3v) is 5.81.